The topological polar surface area (TPSA) is 83.9 Å². The van der Waals surface area contributed by atoms with Crippen molar-refractivity contribution in [3.05, 3.63) is 66.5 Å². The van der Waals surface area contributed by atoms with Crippen molar-refractivity contribution in [2.75, 3.05) is 23.7 Å². The molecule has 0 unspecified atom stereocenters. The highest BCUT2D eigenvalue weighted by Crippen LogP contribution is 2.13. The summed E-state index contributed by atoms with van der Waals surface area (Å²) in [5.41, 5.74) is 0.940. The average Bonchev–Trinajstić information content (AvgIpc) is 3.17. The predicted molar refractivity (Wildman–Crippen MR) is 98.0 cm³/mol. The second-order valence-electron chi connectivity index (χ2n) is 5.62. The molecule has 134 valence electrons. The number of benzene rings is 1. The number of nitrogens with zero attached hydrogens (tertiary/aromatic N) is 3. The Morgan fingerprint density at radius 2 is 1.96 bits per heavy atom. The predicted octanol–water partition coefficient (Wildman–Crippen LogP) is 2.95. The molecule has 3 N–H and O–H groups in total. The molecular formula is C18H19FN6O. The van der Waals surface area contributed by atoms with Gasteiger partial charge in [0.05, 0.1) is 0 Å². The van der Waals surface area contributed by atoms with Crippen LogP contribution in [0.15, 0.2) is 55.1 Å². The Labute approximate surface area is 150 Å². The van der Waals surface area contributed by atoms with Crippen molar-refractivity contribution in [2.24, 2.45) is 0 Å². The molecule has 1 aromatic carbocycles. The van der Waals surface area contributed by atoms with Gasteiger partial charge in [-0.3, -0.25) is 0 Å². The minimum absolute atomic E-state index is 0.355. The summed E-state index contributed by atoms with van der Waals surface area (Å²) >= 11 is 0. The number of anilines is 2. The summed E-state index contributed by atoms with van der Waals surface area (Å²) in [6, 6.07) is 9.80. The Morgan fingerprint density at radius 3 is 2.73 bits per heavy atom. The molecule has 0 aliphatic rings. The number of carbonyl (C=O) groups excluding carboxylic acids is 1. The number of urea groups is 1. The van der Waals surface area contributed by atoms with Crippen molar-refractivity contribution in [3.63, 3.8) is 0 Å². The normalized spacial score (nSPS) is 10.4. The molecule has 0 aliphatic heterocycles. The van der Waals surface area contributed by atoms with Gasteiger partial charge in [-0.05, 0) is 36.8 Å². The maximum atomic E-state index is 13.5. The molecule has 2 amide bonds. The molecule has 0 aliphatic carbocycles. The number of rotatable bonds is 6. The zero-order valence-corrected chi connectivity index (χ0v) is 14.2. The third-order valence-corrected chi connectivity index (χ3v) is 3.67. The fraction of sp³-hybridized carbons (Fsp3) is 0.167. The van der Waals surface area contributed by atoms with Crippen LogP contribution in [0.2, 0.25) is 0 Å². The Morgan fingerprint density at radius 1 is 1.15 bits per heavy atom. The van der Waals surface area contributed by atoms with Crippen molar-refractivity contribution in [1.29, 1.82) is 0 Å². The summed E-state index contributed by atoms with van der Waals surface area (Å²) in [6.45, 7) is 2.53. The first-order chi connectivity index (χ1) is 12.6. The standard InChI is InChI=1S/C18H19FN6O/c1-13-4-5-14(10-15(13)19)24-18(26)21-7-6-20-16-11-17(23-12-22-16)25-8-2-3-9-25/h2-5,8-12H,6-7H2,1H3,(H,20,22,23)(H2,21,24,26). The first-order valence-electron chi connectivity index (χ1n) is 8.12. The molecule has 26 heavy (non-hydrogen) atoms. The molecule has 0 saturated carbocycles. The fourth-order valence-corrected chi connectivity index (χ4v) is 2.28. The smallest absolute Gasteiger partial charge is 0.319 e. The van der Waals surface area contributed by atoms with Crippen molar-refractivity contribution in [1.82, 2.24) is 19.9 Å². The summed E-state index contributed by atoms with van der Waals surface area (Å²) in [5.74, 6) is 1.05. The van der Waals surface area contributed by atoms with Crippen molar-refractivity contribution < 1.29 is 9.18 Å². The quantitative estimate of drug-likeness (QED) is 0.594. The van der Waals surface area contributed by atoms with Gasteiger partial charge in [-0.25, -0.2) is 19.2 Å². The monoisotopic (exact) mass is 354 g/mol. The molecule has 2 heterocycles. The van der Waals surface area contributed by atoms with Gasteiger partial charge in [0.2, 0.25) is 0 Å². The molecular weight excluding hydrogens is 335 g/mol. The van der Waals surface area contributed by atoms with Gasteiger partial charge in [-0.15, -0.1) is 0 Å². The lowest BCUT2D eigenvalue weighted by Gasteiger charge is -2.10. The zero-order chi connectivity index (χ0) is 18.4. The fourth-order valence-electron chi connectivity index (χ4n) is 2.28. The van der Waals surface area contributed by atoms with E-state index in [-0.39, 0.29) is 5.82 Å². The van der Waals surface area contributed by atoms with E-state index in [0.29, 0.717) is 30.2 Å². The third kappa shape index (κ3) is 4.56. The number of hydrogen-bond acceptors (Lipinski definition) is 4. The summed E-state index contributed by atoms with van der Waals surface area (Å²) in [5, 5.41) is 8.40. The highest BCUT2D eigenvalue weighted by atomic mass is 19.1. The van der Waals surface area contributed by atoms with Crippen molar-refractivity contribution >= 4 is 17.5 Å². The zero-order valence-electron chi connectivity index (χ0n) is 14.2. The van der Waals surface area contributed by atoms with Crippen LogP contribution in [-0.2, 0) is 0 Å². The minimum atomic E-state index is -0.397. The lowest BCUT2D eigenvalue weighted by molar-refractivity contribution is 0.252. The van der Waals surface area contributed by atoms with E-state index in [2.05, 4.69) is 25.9 Å². The number of hydrogen-bond donors (Lipinski definition) is 3. The molecule has 3 aromatic rings. The van der Waals surface area contributed by atoms with Crippen LogP contribution < -0.4 is 16.0 Å². The number of nitrogens with one attached hydrogen (secondary N) is 3. The molecule has 0 radical (unpaired) electrons. The van der Waals surface area contributed by atoms with Crippen LogP contribution in [0.1, 0.15) is 5.56 Å². The molecule has 0 saturated heterocycles. The Kier molecular flexibility index (Phi) is 5.43. The van der Waals surface area contributed by atoms with E-state index in [1.165, 1.54) is 12.4 Å². The minimum Gasteiger partial charge on any atom is -0.368 e. The van der Waals surface area contributed by atoms with Crippen LogP contribution in [0, 0.1) is 12.7 Å². The van der Waals surface area contributed by atoms with Gasteiger partial charge in [0, 0.05) is 37.2 Å². The molecule has 8 heteroatoms. The van der Waals surface area contributed by atoms with E-state index in [0.717, 1.165) is 5.82 Å². The second-order valence-corrected chi connectivity index (χ2v) is 5.62. The SMILES string of the molecule is Cc1ccc(NC(=O)NCCNc2cc(-n3cccc3)ncn2)cc1F. The van der Waals surface area contributed by atoms with E-state index in [1.54, 1.807) is 19.1 Å². The number of halogens is 1. The molecule has 0 fully saturated rings. The van der Waals surface area contributed by atoms with Crippen LogP contribution in [0.5, 0.6) is 0 Å². The third-order valence-electron chi connectivity index (χ3n) is 3.67. The largest absolute Gasteiger partial charge is 0.368 e. The van der Waals surface area contributed by atoms with Crippen molar-refractivity contribution in [3.8, 4) is 5.82 Å². The molecule has 3 rings (SSSR count). The Bertz CT molecular complexity index is 881. The van der Waals surface area contributed by atoms with Gasteiger partial charge >= 0.3 is 6.03 Å². The molecule has 2 aromatic heterocycles. The van der Waals surface area contributed by atoms with E-state index in [9.17, 15) is 9.18 Å². The summed E-state index contributed by atoms with van der Waals surface area (Å²) in [4.78, 5) is 20.2. The number of carbonyl (C=O) groups is 1. The maximum Gasteiger partial charge on any atom is 0.319 e. The van der Waals surface area contributed by atoms with Gasteiger partial charge < -0.3 is 20.5 Å². The number of aryl methyl sites for hydroxylation is 1. The van der Waals surface area contributed by atoms with Gasteiger partial charge in [0.25, 0.3) is 0 Å². The van der Waals surface area contributed by atoms with Gasteiger partial charge in [-0.1, -0.05) is 6.07 Å². The van der Waals surface area contributed by atoms with Crippen molar-refractivity contribution in [2.45, 2.75) is 6.92 Å². The molecule has 0 bridgehead atoms. The molecule has 0 atom stereocenters. The summed E-state index contributed by atoms with van der Waals surface area (Å²) < 4.78 is 15.3. The summed E-state index contributed by atoms with van der Waals surface area (Å²) in [7, 11) is 0. The van der Waals surface area contributed by atoms with Crippen LogP contribution in [0.3, 0.4) is 0 Å². The molecule has 0 spiro atoms. The van der Waals surface area contributed by atoms with Gasteiger partial charge in [0.1, 0.15) is 23.8 Å². The highest BCUT2D eigenvalue weighted by molar-refractivity contribution is 5.89. The number of aromatic nitrogens is 3. The van der Waals surface area contributed by atoms with Gasteiger partial charge in [0.15, 0.2) is 0 Å². The first-order valence-corrected chi connectivity index (χ1v) is 8.12. The first kappa shape index (κ1) is 17.4. The average molecular weight is 354 g/mol. The lowest BCUT2D eigenvalue weighted by atomic mass is 10.2. The number of amides is 2. The summed E-state index contributed by atoms with van der Waals surface area (Å²) in [6.07, 6.45) is 5.27. The van der Waals surface area contributed by atoms with Gasteiger partial charge in [-0.2, -0.15) is 0 Å². The second kappa shape index (κ2) is 8.11. The van der Waals surface area contributed by atoms with E-state index >= 15 is 0 Å². The lowest BCUT2D eigenvalue weighted by Crippen LogP contribution is -2.32. The van der Waals surface area contributed by atoms with Crippen LogP contribution >= 0.6 is 0 Å². The molecule has 7 nitrogen and oxygen atoms in total. The Balaban J connectivity index is 1.44. The Hall–Kier alpha value is -3.42. The highest BCUT2D eigenvalue weighted by Gasteiger charge is 2.04. The van der Waals surface area contributed by atoms with Crippen LogP contribution in [0.25, 0.3) is 5.82 Å². The van der Waals surface area contributed by atoms with Crippen LogP contribution in [-0.4, -0.2) is 33.7 Å². The van der Waals surface area contributed by atoms with Crippen LogP contribution in [0.4, 0.5) is 20.7 Å². The maximum absolute atomic E-state index is 13.5. The van der Waals surface area contributed by atoms with E-state index < -0.39 is 6.03 Å². The van der Waals surface area contributed by atoms with E-state index in [4.69, 9.17) is 0 Å². The van der Waals surface area contributed by atoms with E-state index in [1.807, 2.05) is 35.2 Å².